The SMILES string of the molecule is C[C@H](C(=O)c1ccccc1)[C@@H](O)C=Cc1ccccc1. The zero-order valence-corrected chi connectivity index (χ0v) is 11.4. The Kier molecular flexibility index (Phi) is 4.85. The molecule has 2 aromatic rings. The van der Waals surface area contributed by atoms with Crippen LogP contribution >= 0.6 is 0 Å². The van der Waals surface area contributed by atoms with Gasteiger partial charge in [0.1, 0.15) is 0 Å². The van der Waals surface area contributed by atoms with E-state index < -0.39 is 12.0 Å². The maximum absolute atomic E-state index is 12.2. The zero-order chi connectivity index (χ0) is 14.4. The fourth-order valence-electron chi connectivity index (χ4n) is 1.96. The highest BCUT2D eigenvalue weighted by Gasteiger charge is 2.20. The van der Waals surface area contributed by atoms with E-state index in [9.17, 15) is 9.90 Å². The van der Waals surface area contributed by atoms with E-state index in [2.05, 4.69) is 0 Å². The highest BCUT2D eigenvalue weighted by Crippen LogP contribution is 2.14. The summed E-state index contributed by atoms with van der Waals surface area (Å²) in [5.41, 5.74) is 1.64. The first kappa shape index (κ1) is 14.2. The van der Waals surface area contributed by atoms with Crippen molar-refractivity contribution < 1.29 is 9.90 Å². The summed E-state index contributed by atoms with van der Waals surface area (Å²) in [7, 11) is 0. The number of aliphatic hydroxyl groups is 1. The first-order chi connectivity index (χ1) is 9.68. The van der Waals surface area contributed by atoms with Gasteiger partial charge in [0, 0.05) is 11.5 Å². The van der Waals surface area contributed by atoms with Crippen LogP contribution in [0.1, 0.15) is 22.8 Å². The second-order valence-corrected chi connectivity index (χ2v) is 4.78. The van der Waals surface area contributed by atoms with Crippen LogP contribution in [0.5, 0.6) is 0 Å². The first-order valence-corrected chi connectivity index (χ1v) is 6.69. The normalized spacial score (nSPS) is 14.1. The number of ketones is 1. The molecular formula is C18H18O2. The second-order valence-electron chi connectivity index (χ2n) is 4.78. The molecule has 0 aromatic heterocycles. The summed E-state index contributed by atoms with van der Waals surface area (Å²) < 4.78 is 0. The minimum atomic E-state index is -0.789. The topological polar surface area (TPSA) is 37.3 Å². The molecule has 2 heteroatoms. The summed E-state index contributed by atoms with van der Waals surface area (Å²) in [5.74, 6) is -0.506. The summed E-state index contributed by atoms with van der Waals surface area (Å²) in [6.07, 6.45) is 2.71. The molecule has 0 fully saturated rings. The number of carbonyl (C=O) groups excluding carboxylic acids is 1. The monoisotopic (exact) mass is 266 g/mol. The van der Waals surface area contributed by atoms with Crippen LogP contribution in [0.25, 0.3) is 6.08 Å². The van der Waals surface area contributed by atoms with Gasteiger partial charge < -0.3 is 5.11 Å². The summed E-state index contributed by atoms with van der Waals surface area (Å²) >= 11 is 0. The van der Waals surface area contributed by atoms with E-state index in [4.69, 9.17) is 0 Å². The van der Waals surface area contributed by atoms with Crippen molar-refractivity contribution in [3.8, 4) is 0 Å². The van der Waals surface area contributed by atoms with Gasteiger partial charge in [-0.25, -0.2) is 0 Å². The van der Waals surface area contributed by atoms with Gasteiger partial charge >= 0.3 is 0 Å². The molecule has 102 valence electrons. The largest absolute Gasteiger partial charge is 0.388 e. The molecule has 0 aliphatic carbocycles. The van der Waals surface area contributed by atoms with Gasteiger partial charge in [-0.2, -0.15) is 0 Å². The van der Waals surface area contributed by atoms with Gasteiger partial charge in [0.15, 0.2) is 5.78 Å². The lowest BCUT2D eigenvalue weighted by molar-refractivity contribution is 0.0806. The molecule has 0 saturated heterocycles. The molecule has 2 nitrogen and oxygen atoms in total. The number of rotatable bonds is 5. The number of carbonyl (C=O) groups is 1. The predicted molar refractivity (Wildman–Crippen MR) is 81.4 cm³/mol. The molecule has 1 N–H and O–H groups in total. The summed E-state index contributed by atoms with van der Waals surface area (Å²) in [5, 5.41) is 10.1. The van der Waals surface area contributed by atoms with Crippen LogP contribution in [0.3, 0.4) is 0 Å². The molecular weight excluding hydrogens is 248 g/mol. The highest BCUT2D eigenvalue weighted by molar-refractivity contribution is 5.98. The lowest BCUT2D eigenvalue weighted by Gasteiger charge is -2.14. The van der Waals surface area contributed by atoms with E-state index in [1.54, 1.807) is 25.1 Å². The number of hydrogen-bond acceptors (Lipinski definition) is 2. The van der Waals surface area contributed by atoms with Crippen molar-refractivity contribution in [3.63, 3.8) is 0 Å². The lowest BCUT2D eigenvalue weighted by atomic mass is 9.94. The van der Waals surface area contributed by atoms with Crippen LogP contribution in [0.15, 0.2) is 66.7 Å². The quantitative estimate of drug-likeness (QED) is 0.840. The Bertz CT molecular complexity index is 573. The van der Waals surface area contributed by atoms with E-state index in [1.165, 1.54) is 0 Å². The molecule has 0 spiro atoms. The third-order valence-corrected chi connectivity index (χ3v) is 3.27. The van der Waals surface area contributed by atoms with Crippen molar-refractivity contribution in [2.45, 2.75) is 13.0 Å². The molecule has 0 aliphatic heterocycles. The predicted octanol–water partition coefficient (Wildman–Crippen LogP) is 3.58. The molecule has 0 bridgehead atoms. The third-order valence-electron chi connectivity index (χ3n) is 3.27. The van der Waals surface area contributed by atoms with Gasteiger partial charge in [-0.3, -0.25) is 4.79 Å². The smallest absolute Gasteiger partial charge is 0.168 e. The molecule has 0 amide bonds. The van der Waals surface area contributed by atoms with Crippen molar-refractivity contribution in [2.24, 2.45) is 5.92 Å². The lowest BCUT2D eigenvalue weighted by Crippen LogP contribution is -2.23. The first-order valence-electron chi connectivity index (χ1n) is 6.69. The Morgan fingerprint density at radius 2 is 1.55 bits per heavy atom. The Morgan fingerprint density at radius 1 is 1.00 bits per heavy atom. The Hall–Kier alpha value is -2.19. The van der Waals surface area contributed by atoms with Crippen LogP contribution in [0, 0.1) is 5.92 Å². The minimum absolute atomic E-state index is 0.0455. The Balaban J connectivity index is 2.04. The van der Waals surface area contributed by atoms with E-state index in [-0.39, 0.29) is 5.78 Å². The maximum Gasteiger partial charge on any atom is 0.168 e. The van der Waals surface area contributed by atoms with Gasteiger partial charge in [0.25, 0.3) is 0 Å². The van der Waals surface area contributed by atoms with E-state index >= 15 is 0 Å². The van der Waals surface area contributed by atoms with Crippen molar-refractivity contribution in [2.75, 3.05) is 0 Å². The molecule has 0 unspecified atom stereocenters. The van der Waals surface area contributed by atoms with Crippen LogP contribution in [-0.2, 0) is 0 Å². The molecule has 2 atom stereocenters. The van der Waals surface area contributed by atoms with E-state index in [1.807, 2.05) is 54.6 Å². The Labute approximate surface area is 119 Å². The fraction of sp³-hybridized carbons (Fsp3) is 0.167. The highest BCUT2D eigenvalue weighted by atomic mass is 16.3. The van der Waals surface area contributed by atoms with Crippen molar-refractivity contribution in [1.82, 2.24) is 0 Å². The molecule has 0 saturated carbocycles. The van der Waals surface area contributed by atoms with Gasteiger partial charge in [0.2, 0.25) is 0 Å². The molecule has 0 heterocycles. The number of aliphatic hydroxyl groups excluding tert-OH is 1. The standard InChI is InChI=1S/C18H18O2/c1-14(18(20)16-10-6-3-7-11-16)17(19)13-12-15-8-4-2-5-9-15/h2-14,17,19H,1H3/t14-,17-/m0/s1. The van der Waals surface area contributed by atoms with Crippen molar-refractivity contribution in [3.05, 3.63) is 77.9 Å². The van der Waals surface area contributed by atoms with E-state index in [0.717, 1.165) is 5.56 Å². The zero-order valence-electron chi connectivity index (χ0n) is 11.4. The third kappa shape index (κ3) is 3.65. The minimum Gasteiger partial charge on any atom is -0.388 e. The van der Waals surface area contributed by atoms with Crippen LogP contribution in [0.2, 0.25) is 0 Å². The van der Waals surface area contributed by atoms with Gasteiger partial charge in [-0.15, -0.1) is 0 Å². The summed E-state index contributed by atoms with van der Waals surface area (Å²) in [6.45, 7) is 1.75. The van der Waals surface area contributed by atoms with Crippen LogP contribution in [0.4, 0.5) is 0 Å². The molecule has 2 aromatic carbocycles. The average molecular weight is 266 g/mol. The van der Waals surface area contributed by atoms with Crippen molar-refractivity contribution in [1.29, 1.82) is 0 Å². The Morgan fingerprint density at radius 3 is 2.15 bits per heavy atom. The van der Waals surface area contributed by atoms with Gasteiger partial charge in [-0.05, 0) is 5.56 Å². The number of benzene rings is 2. The summed E-state index contributed by atoms with van der Waals surface area (Å²) in [6, 6.07) is 18.8. The van der Waals surface area contributed by atoms with Gasteiger partial charge in [-0.1, -0.05) is 79.7 Å². The van der Waals surface area contributed by atoms with Crippen LogP contribution < -0.4 is 0 Å². The van der Waals surface area contributed by atoms with Gasteiger partial charge in [0.05, 0.1) is 6.10 Å². The fourth-order valence-corrected chi connectivity index (χ4v) is 1.96. The molecule has 2 rings (SSSR count). The molecule has 20 heavy (non-hydrogen) atoms. The molecule has 0 aliphatic rings. The van der Waals surface area contributed by atoms with E-state index in [0.29, 0.717) is 5.56 Å². The second kappa shape index (κ2) is 6.83. The summed E-state index contributed by atoms with van der Waals surface area (Å²) in [4.78, 5) is 12.2. The molecule has 0 radical (unpaired) electrons. The number of Topliss-reactive ketones (excluding diaryl/α,β-unsaturated/α-hetero) is 1. The average Bonchev–Trinajstić information content (AvgIpc) is 2.53. The number of hydrogen-bond donors (Lipinski definition) is 1. The maximum atomic E-state index is 12.2. The van der Waals surface area contributed by atoms with Crippen LogP contribution in [-0.4, -0.2) is 17.0 Å². The van der Waals surface area contributed by atoms with Crippen molar-refractivity contribution >= 4 is 11.9 Å².